The summed E-state index contributed by atoms with van der Waals surface area (Å²) < 4.78 is 6.91. The van der Waals surface area contributed by atoms with Gasteiger partial charge in [0, 0.05) is 27.7 Å². The molecular formula is C17H18N2O3S. The standard InChI is InChI=1S/C17H18N2O3S/c1-10-9-23-17(21)19(10)6-7-22-16(20)13-4-5-15-14(8-13)11(2)12(3)18-15/h4-5,8-9,18H,6-7H2,1-3H3. The Bertz CT molecular complexity index is 933. The first kappa shape index (κ1) is 15.6. The highest BCUT2D eigenvalue weighted by molar-refractivity contribution is 7.07. The molecule has 0 aliphatic heterocycles. The molecule has 0 radical (unpaired) electrons. The number of carbonyl (C=O) groups excluding carboxylic acids is 1. The summed E-state index contributed by atoms with van der Waals surface area (Å²) in [6, 6.07) is 5.49. The molecule has 0 saturated heterocycles. The number of carbonyl (C=O) groups is 1. The molecule has 0 unspecified atom stereocenters. The van der Waals surface area contributed by atoms with Crippen molar-refractivity contribution in [3.63, 3.8) is 0 Å². The molecule has 1 N–H and O–H groups in total. The van der Waals surface area contributed by atoms with Crippen molar-refractivity contribution in [3.05, 3.63) is 55.8 Å². The van der Waals surface area contributed by atoms with E-state index in [1.165, 1.54) is 0 Å². The fourth-order valence-electron chi connectivity index (χ4n) is 2.58. The summed E-state index contributed by atoms with van der Waals surface area (Å²) in [5, 5.41) is 2.83. The molecule has 1 aromatic carbocycles. The van der Waals surface area contributed by atoms with E-state index in [1.807, 2.05) is 32.9 Å². The highest BCUT2D eigenvalue weighted by atomic mass is 32.1. The number of rotatable bonds is 4. The van der Waals surface area contributed by atoms with Gasteiger partial charge in [-0.2, -0.15) is 0 Å². The molecule has 0 spiro atoms. The average Bonchev–Trinajstić information content (AvgIpc) is 3.00. The summed E-state index contributed by atoms with van der Waals surface area (Å²) in [4.78, 5) is 27.0. The topological polar surface area (TPSA) is 64.1 Å². The Morgan fingerprint density at radius 3 is 2.78 bits per heavy atom. The first-order valence-corrected chi connectivity index (χ1v) is 8.26. The average molecular weight is 330 g/mol. The van der Waals surface area contributed by atoms with Crippen molar-refractivity contribution in [2.24, 2.45) is 0 Å². The van der Waals surface area contributed by atoms with Crippen molar-refractivity contribution in [2.75, 3.05) is 6.61 Å². The number of benzene rings is 1. The predicted molar refractivity (Wildman–Crippen MR) is 91.4 cm³/mol. The maximum Gasteiger partial charge on any atom is 0.338 e. The Kier molecular flexibility index (Phi) is 4.09. The zero-order valence-corrected chi connectivity index (χ0v) is 14.1. The minimum absolute atomic E-state index is 0.0293. The Balaban J connectivity index is 1.71. The molecule has 120 valence electrons. The first-order chi connectivity index (χ1) is 11.0. The third kappa shape index (κ3) is 2.94. The van der Waals surface area contributed by atoms with E-state index < -0.39 is 0 Å². The lowest BCUT2D eigenvalue weighted by Crippen LogP contribution is -2.19. The van der Waals surface area contributed by atoms with Crippen LogP contribution in [0.4, 0.5) is 0 Å². The molecule has 0 fully saturated rings. The maximum atomic E-state index is 12.2. The first-order valence-electron chi connectivity index (χ1n) is 7.38. The fourth-order valence-corrected chi connectivity index (χ4v) is 3.34. The van der Waals surface area contributed by atoms with Gasteiger partial charge in [-0.25, -0.2) is 4.79 Å². The number of esters is 1. The van der Waals surface area contributed by atoms with Gasteiger partial charge >= 0.3 is 10.8 Å². The SMILES string of the molecule is Cc1[nH]c2ccc(C(=O)OCCn3c(C)csc3=O)cc2c1C. The molecule has 2 aromatic heterocycles. The van der Waals surface area contributed by atoms with E-state index in [1.54, 1.807) is 16.0 Å². The molecule has 0 saturated carbocycles. The zero-order chi connectivity index (χ0) is 16.6. The summed E-state index contributed by atoms with van der Waals surface area (Å²) in [6.07, 6.45) is 0. The van der Waals surface area contributed by atoms with Gasteiger partial charge in [0.25, 0.3) is 0 Å². The molecule has 0 amide bonds. The van der Waals surface area contributed by atoms with Gasteiger partial charge in [-0.3, -0.25) is 9.36 Å². The van der Waals surface area contributed by atoms with E-state index >= 15 is 0 Å². The van der Waals surface area contributed by atoms with Crippen molar-refractivity contribution in [1.29, 1.82) is 0 Å². The van der Waals surface area contributed by atoms with Crippen LogP contribution in [0.15, 0.2) is 28.4 Å². The molecule has 23 heavy (non-hydrogen) atoms. The third-order valence-corrected chi connectivity index (χ3v) is 4.95. The van der Waals surface area contributed by atoms with Crippen LogP contribution >= 0.6 is 11.3 Å². The van der Waals surface area contributed by atoms with Gasteiger partial charge in [0.2, 0.25) is 0 Å². The number of nitrogens with zero attached hydrogens (tertiary/aromatic N) is 1. The van der Waals surface area contributed by atoms with E-state index in [0.29, 0.717) is 12.1 Å². The molecule has 0 atom stereocenters. The smallest absolute Gasteiger partial charge is 0.338 e. The Labute approximate surface area is 137 Å². The normalized spacial score (nSPS) is 11.1. The van der Waals surface area contributed by atoms with Gasteiger partial charge < -0.3 is 9.72 Å². The number of H-pyrrole nitrogens is 1. The van der Waals surface area contributed by atoms with Crippen molar-refractivity contribution in [1.82, 2.24) is 9.55 Å². The van der Waals surface area contributed by atoms with Gasteiger partial charge in [-0.1, -0.05) is 11.3 Å². The van der Waals surface area contributed by atoms with Crippen LogP contribution in [-0.2, 0) is 11.3 Å². The Morgan fingerprint density at radius 2 is 2.09 bits per heavy atom. The molecule has 2 heterocycles. The number of aryl methyl sites for hydroxylation is 3. The van der Waals surface area contributed by atoms with E-state index in [9.17, 15) is 9.59 Å². The second kappa shape index (κ2) is 6.04. The van der Waals surface area contributed by atoms with E-state index in [2.05, 4.69) is 4.98 Å². The summed E-state index contributed by atoms with van der Waals surface area (Å²) in [6.45, 7) is 6.46. The van der Waals surface area contributed by atoms with Gasteiger partial charge in [0.15, 0.2) is 0 Å². The van der Waals surface area contributed by atoms with Crippen LogP contribution in [0.1, 0.15) is 27.3 Å². The van der Waals surface area contributed by atoms with Crippen LogP contribution in [0.25, 0.3) is 10.9 Å². The largest absolute Gasteiger partial charge is 0.460 e. The van der Waals surface area contributed by atoms with Crippen LogP contribution in [0.2, 0.25) is 0 Å². The highest BCUT2D eigenvalue weighted by Crippen LogP contribution is 2.22. The Morgan fingerprint density at radius 1 is 1.30 bits per heavy atom. The maximum absolute atomic E-state index is 12.2. The van der Waals surface area contributed by atoms with E-state index in [-0.39, 0.29) is 17.4 Å². The number of aromatic amines is 1. The second-order valence-corrected chi connectivity index (χ2v) is 6.39. The van der Waals surface area contributed by atoms with Crippen molar-refractivity contribution >= 4 is 28.2 Å². The summed E-state index contributed by atoms with van der Waals surface area (Å²) >= 11 is 1.16. The number of hydrogen-bond acceptors (Lipinski definition) is 4. The van der Waals surface area contributed by atoms with Gasteiger partial charge in [-0.05, 0) is 44.5 Å². The lowest BCUT2D eigenvalue weighted by Gasteiger charge is -2.07. The van der Waals surface area contributed by atoms with Gasteiger partial charge in [-0.15, -0.1) is 0 Å². The van der Waals surface area contributed by atoms with Crippen molar-refractivity contribution in [2.45, 2.75) is 27.3 Å². The van der Waals surface area contributed by atoms with Gasteiger partial charge in [0.1, 0.15) is 6.61 Å². The molecule has 0 bridgehead atoms. The number of hydrogen-bond donors (Lipinski definition) is 1. The zero-order valence-electron chi connectivity index (χ0n) is 13.3. The van der Waals surface area contributed by atoms with Crippen molar-refractivity contribution in [3.8, 4) is 0 Å². The quantitative estimate of drug-likeness (QED) is 0.747. The van der Waals surface area contributed by atoms with Gasteiger partial charge in [0.05, 0.1) is 12.1 Å². The lowest BCUT2D eigenvalue weighted by molar-refractivity contribution is 0.0490. The molecule has 5 nitrogen and oxygen atoms in total. The molecule has 3 rings (SSSR count). The highest BCUT2D eigenvalue weighted by Gasteiger charge is 2.11. The molecular weight excluding hydrogens is 312 g/mol. The Hall–Kier alpha value is -2.34. The molecule has 6 heteroatoms. The molecule has 0 aliphatic rings. The summed E-state index contributed by atoms with van der Waals surface area (Å²) in [5.74, 6) is -0.369. The van der Waals surface area contributed by atoms with E-state index in [0.717, 1.165) is 39.2 Å². The summed E-state index contributed by atoms with van der Waals surface area (Å²) in [7, 11) is 0. The molecule has 0 aliphatic carbocycles. The second-order valence-electron chi connectivity index (χ2n) is 5.57. The predicted octanol–water partition coefficient (Wildman–Crippen LogP) is 3.17. The number of fused-ring (bicyclic) bond motifs is 1. The minimum atomic E-state index is -0.369. The van der Waals surface area contributed by atoms with Crippen LogP contribution in [-0.4, -0.2) is 22.1 Å². The number of thiazole rings is 1. The third-order valence-electron chi connectivity index (χ3n) is 4.07. The number of aromatic nitrogens is 2. The lowest BCUT2D eigenvalue weighted by atomic mass is 10.1. The van der Waals surface area contributed by atoms with Crippen LogP contribution in [0, 0.1) is 20.8 Å². The van der Waals surface area contributed by atoms with Crippen LogP contribution < -0.4 is 4.87 Å². The fraction of sp³-hybridized carbons (Fsp3) is 0.294. The van der Waals surface area contributed by atoms with E-state index in [4.69, 9.17) is 4.74 Å². The minimum Gasteiger partial charge on any atom is -0.460 e. The van der Waals surface area contributed by atoms with Crippen molar-refractivity contribution < 1.29 is 9.53 Å². The summed E-state index contributed by atoms with van der Waals surface area (Å²) in [5.41, 5.74) is 4.65. The number of nitrogens with one attached hydrogen (secondary N) is 1. The molecule has 3 aromatic rings. The van der Waals surface area contributed by atoms with Crippen LogP contribution in [0.3, 0.4) is 0 Å². The monoisotopic (exact) mass is 330 g/mol. The van der Waals surface area contributed by atoms with Crippen LogP contribution in [0.5, 0.6) is 0 Å². The number of ether oxygens (including phenoxy) is 1.